The molecular weight excluding hydrogens is 295 g/mol. The summed E-state index contributed by atoms with van der Waals surface area (Å²) in [6, 6.07) is 9.82. The molecule has 0 bridgehead atoms. The zero-order valence-corrected chi connectivity index (χ0v) is 11.9. The van der Waals surface area contributed by atoms with Crippen molar-refractivity contribution in [1.82, 2.24) is 9.97 Å². The predicted octanol–water partition coefficient (Wildman–Crippen LogP) is 4.57. The molecule has 2 aromatic carbocycles. The molecule has 0 fully saturated rings. The van der Waals surface area contributed by atoms with E-state index in [-0.39, 0.29) is 0 Å². The Morgan fingerprint density at radius 3 is 2.70 bits per heavy atom. The van der Waals surface area contributed by atoms with E-state index in [0.29, 0.717) is 23.3 Å². The van der Waals surface area contributed by atoms with Crippen LogP contribution < -0.4 is 0 Å². The molecule has 1 aromatic heterocycles. The van der Waals surface area contributed by atoms with Crippen LogP contribution in [0, 0.1) is 0 Å². The lowest BCUT2D eigenvalue weighted by atomic mass is 10.1. The standard InChI is InChI=1S/C15H10Cl2N2O/c16-11-4-13-14(5-12(11)17)19-15(18-13)8-1-2-9-6-20-7-10(9)3-8/h1-5H,6-7H2,(H,18,19). The number of ether oxygens (including phenoxy) is 1. The van der Waals surface area contributed by atoms with Crippen LogP contribution in [0.25, 0.3) is 22.4 Å². The second-order valence-electron chi connectivity index (χ2n) is 4.85. The number of aromatic amines is 1. The van der Waals surface area contributed by atoms with E-state index in [2.05, 4.69) is 28.2 Å². The average Bonchev–Trinajstić information content (AvgIpc) is 3.04. The highest BCUT2D eigenvalue weighted by Crippen LogP contribution is 2.30. The summed E-state index contributed by atoms with van der Waals surface area (Å²) in [4.78, 5) is 7.85. The van der Waals surface area contributed by atoms with Crippen LogP contribution in [-0.4, -0.2) is 9.97 Å². The van der Waals surface area contributed by atoms with Crippen molar-refractivity contribution in [2.24, 2.45) is 0 Å². The summed E-state index contributed by atoms with van der Waals surface area (Å²) in [7, 11) is 0. The third-order valence-electron chi connectivity index (χ3n) is 3.52. The molecular formula is C15H10Cl2N2O. The molecule has 0 saturated heterocycles. The van der Waals surface area contributed by atoms with Crippen molar-refractivity contribution >= 4 is 34.2 Å². The van der Waals surface area contributed by atoms with E-state index in [4.69, 9.17) is 27.9 Å². The van der Waals surface area contributed by atoms with Gasteiger partial charge in [0.1, 0.15) is 5.82 Å². The number of imidazole rings is 1. The van der Waals surface area contributed by atoms with Crippen LogP contribution in [0.3, 0.4) is 0 Å². The zero-order valence-electron chi connectivity index (χ0n) is 10.4. The van der Waals surface area contributed by atoms with Crippen LogP contribution in [0.2, 0.25) is 10.0 Å². The second-order valence-corrected chi connectivity index (χ2v) is 5.66. The van der Waals surface area contributed by atoms with Crippen LogP contribution in [0.5, 0.6) is 0 Å². The topological polar surface area (TPSA) is 37.9 Å². The van der Waals surface area contributed by atoms with Gasteiger partial charge >= 0.3 is 0 Å². The number of hydrogen-bond acceptors (Lipinski definition) is 2. The van der Waals surface area contributed by atoms with Crippen LogP contribution in [0.4, 0.5) is 0 Å². The van der Waals surface area contributed by atoms with E-state index < -0.39 is 0 Å². The van der Waals surface area contributed by atoms with Crippen LogP contribution in [-0.2, 0) is 18.0 Å². The first-order chi connectivity index (χ1) is 9.70. The Morgan fingerprint density at radius 1 is 1.00 bits per heavy atom. The summed E-state index contributed by atoms with van der Waals surface area (Å²) in [5.41, 5.74) is 5.20. The Bertz CT molecular complexity index is 787. The maximum Gasteiger partial charge on any atom is 0.138 e. The van der Waals surface area contributed by atoms with Gasteiger partial charge in [0.2, 0.25) is 0 Å². The van der Waals surface area contributed by atoms with Gasteiger partial charge < -0.3 is 9.72 Å². The van der Waals surface area contributed by atoms with Gasteiger partial charge in [0.05, 0.1) is 34.3 Å². The van der Waals surface area contributed by atoms with Gasteiger partial charge in [-0.15, -0.1) is 0 Å². The van der Waals surface area contributed by atoms with Crippen molar-refractivity contribution < 1.29 is 4.74 Å². The highest BCUT2D eigenvalue weighted by atomic mass is 35.5. The third kappa shape index (κ3) is 1.90. The molecule has 0 radical (unpaired) electrons. The first-order valence-corrected chi connectivity index (χ1v) is 7.01. The molecule has 1 aliphatic rings. The Hall–Kier alpha value is -1.55. The molecule has 0 atom stereocenters. The molecule has 1 aliphatic heterocycles. The van der Waals surface area contributed by atoms with Crippen molar-refractivity contribution in [2.45, 2.75) is 13.2 Å². The minimum Gasteiger partial charge on any atom is -0.372 e. The van der Waals surface area contributed by atoms with Gasteiger partial charge in [0.15, 0.2) is 0 Å². The number of nitrogens with zero attached hydrogens (tertiary/aromatic N) is 1. The summed E-state index contributed by atoms with van der Waals surface area (Å²) in [6.45, 7) is 1.36. The lowest BCUT2D eigenvalue weighted by Gasteiger charge is -2.00. The number of aromatic nitrogens is 2. The minimum absolute atomic E-state index is 0.513. The molecule has 0 aliphatic carbocycles. The Morgan fingerprint density at radius 2 is 1.80 bits per heavy atom. The van der Waals surface area contributed by atoms with Gasteiger partial charge in [-0.05, 0) is 29.3 Å². The van der Waals surface area contributed by atoms with Gasteiger partial charge in [0, 0.05) is 5.56 Å². The lowest BCUT2D eigenvalue weighted by molar-refractivity contribution is 0.134. The minimum atomic E-state index is 0.513. The Balaban J connectivity index is 1.86. The number of fused-ring (bicyclic) bond motifs is 2. The largest absolute Gasteiger partial charge is 0.372 e. The highest BCUT2D eigenvalue weighted by molar-refractivity contribution is 6.42. The molecule has 20 heavy (non-hydrogen) atoms. The smallest absolute Gasteiger partial charge is 0.138 e. The quantitative estimate of drug-likeness (QED) is 0.715. The molecule has 1 N–H and O–H groups in total. The highest BCUT2D eigenvalue weighted by Gasteiger charge is 2.14. The first-order valence-electron chi connectivity index (χ1n) is 6.25. The number of halogens is 2. The van der Waals surface area contributed by atoms with Crippen LogP contribution in [0.15, 0.2) is 30.3 Å². The fraction of sp³-hybridized carbons (Fsp3) is 0.133. The molecule has 0 saturated carbocycles. The van der Waals surface area contributed by atoms with Crippen molar-refractivity contribution in [1.29, 1.82) is 0 Å². The number of hydrogen-bond donors (Lipinski definition) is 1. The first kappa shape index (κ1) is 12.2. The van der Waals surface area contributed by atoms with E-state index in [0.717, 1.165) is 22.4 Å². The normalized spacial score (nSPS) is 13.9. The average molecular weight is 305 g/mol. The van der Waals surface area contributed by atoms with Gasteiger partial charge in [0.25, 0.3) is 0 Å². The van der Waals surface area contributed by atoms with E-state index in [1.165, 1.54) is 11.1 Å². The van der Waals surface area contributed by atoms with E-state index in [9.17, 15) is 0 Å². The zero-order chi connectivity index (χ0) is 13.7. The Labute approximate surface area is 125 Å². The summed E-state index contributed by atoms with van der Waals surface area (Å²) in [5.74, 6) is 0.813. The number of nitrogens with one attached hydrogen (secondary N) is 1. The number of H-pyrrole nitrogens is 1. The Kier molecular flexibility index (Phi) is 2.74. The van der Waals surface area contributed by atoms with Crippen molar-refractivity contribution in [3.63, 3.8) is 0 Å². The maximum atomic E-state index is 6.02. The molecule has 100 valence electrons. The van der Waals surface area contributed by atoms with E-state index in [1.807, 2.05) is 0 Å². The van der Waals surface area contributed by atoms with Gasteiger partial charge in [-0.1, -0.05) is 35.3 Å². The van der Waals surface area contributed by atoms with Gasteiger partial charge in [-0.25, -0.2) is 4.98 Å². The predicted molar refractivity (Wildman–Crippen MR) is 80.0 cm³/mol. The monoisotopic (exact) mass is 304 g/mol. The van der Waals surface area contributed by atoms with Crippen molar-refractivity contribution in [3.05, 3.63) is 51.5 Å². The summed E-state index contributed by atoms with van der Waals surface area (Å²) < 4.78 is 5.43. The second kappa shape index (κ2) is 4.48. The fourth-order valence-electron chi connectivity index (χ4n) is 2.46. The van der Waals surface area contributed by atoms with Crippen LogP contribution >= 0.6 is 23.2 Å². The van der Waals surface area contributed by atoms with Crippen molar-refractivity contribution in [2.75, 3.05) is 0 Å². The molecule has 3 nitrogen and oxygen atoms in total. The summed E-state index contributed by atoms with van der Waals surface area (Å²) in [6.07, 6.45) is 0. The van der Waals surface area contributed by atoms with Crippen LogP contribution in [0.1, 0.15) is 11.1 Å². The molecule has 3 aromatic rings. The SMILES string of the molecule is Clc1cc2nc(-c3ccc4c(c3)COC4)[nH]c2cc1Cl. The van der Waals surface area contributed by atoms with Crippen molar-refractivity contribution in [3.8, 4) is 11.4 Å². The molecule has 4 rings (SSSR count). The van der Waals surface area contributed by atoms with Gasteiger partial charge in [-0.2, -0.15) is 0 Å². The number of benzene rings is 2. The third-order valence-corrected chi connectivity index (χ3v) is 4.24. The maximum absolute atomic E-state index is 6.02. The lowest BCUT2D eigenvalue weighted by Crippen LogP contribution is -1.85. The molecule has 0 spiro atoms. The molecule has 2 heterocycles. The summed E-state index contributed by atoms with van der Waals surface area (Å²) >= 11 is 12.0. The molecule has 0 unspecified atom stereocenters. The summed E-state index contributed by atoms with van der Waals surface area (Å²) in [5, 5.41) is 1.04. The number of rotatable bonds is 1. The fourth-order valence-corrected chi connectivity index (χ4v) is 2.78. The van der Waals surface area contributed by atoms with Gasteiger partial charge in [-0.3, -0.25) is 0 Å². The van der Waals surface area contributed by atoms with E-state index in [1.54, 1.807) is 12.1 Å². The van der Waals surface area contributed by atoms with E-state index >= 15 is 0 Å². The molecule has 0 amide bonds. The molecule has 5 heteroatoms.